The summed E-state index contributed by atoms with van der Waals surface area (Å²) in [6.07, 6.45) is 3.66. The van der Waals surface area contributed by atoms with Crippen LogP contribution < -0.4 is 0 Å². The zero-order chi connectivity index (χ0) is 24.5. The highest BCUT2D eigenvalue weighted by Crippen LogP contribution is 2.36. The molecule has 4 nitrogen and oxygen atoms in total. The van der Waals surface area contributed by atoms with Crippen molar-refractivity contribution in [1.82, 2.24) is 4.90 Å². The third kappa shape index (κ3) is 6.51. The summed E-state index contributed by atoms with van der Waals surface area (Å²) in [6.45, 7) is 0.905. The van der Waals surface area contributed by atoms with Crippen molar-refractivity contribution in [2.75, 3.05) is 13.1 Å². The Morgan fingerprint density at radius 1 is 0.886 bits per heavy atom. The van der Waals surface area contributed by atoms with Crippen LogP contribution in [-0.2, 0) is 22.4 Å². The highest BCUT2D eigenvalue weighted by Gasteiger charge is 2.42. The molecule has 1 fully saturated rings. The summed E-state index contributed by atoms with van der Waals surface area (Å²) in [4.78, 5) is 32.0. The molecule has 0 saturated carbocycles. The van der Waals surface area contributed by atoms with Crippen molar-refractivity contribution in [3.63, 3.8) is 0 Å². The Bertz CT molecular complexity index is 1230. The minimum Gasteiger partial charge on any atom is -0.332 e. The lowest BCUT2D eigenvalue weighted by molar-refractivity contribution is -0.135. The largest absolute Gasteiger partial charge is 0.332 e. The highest BCUT2D eigenvalue weighted by atomic mass is 19.1. The number of rotatable bonds is 5. The molecule has 2 amide bonds. The van der Waals surface area contributed by atoms with E-state index in [0.717, 1.165) is 16.7 Å². The average molecular weight is 467 g/mol. The number of benzene rings is 3. The molecule has 0 aromatic heterocycles. The van der Waals surface area contributed by atoms with Gasteiger partial charge in [0.25, 0.3) is 11.8 Å². The summed E-state index contributed by atoms with van der Waals surface area (Å²) >= 11 is 0. The number of likely N-dealkylation sites (tertiary alicyclic amines) is 1. The van der Waals surface area contributed by atoms with Gasteiger partial charge in [-0.05, 0) is 54.7 Å². The van der Waals surface area contributed by atoms with Gasteiger partial charge in [0.2, 0.25) is 0 Å². The normalized spacial score (nSPS) is 14.8. The monoisotopic (exact) mass is 466 g/mol. The van der Waals surface area contributed by atoms with Crippen molar-refractivity contribution in [3.05, 3.63) is 107 Å². The van der Waals surface area contributed by atoms with Crippen LogP contribution in [0.1, 0.15) is 29.5 Å². The van der Waals surface area contributed by atoms with Crippen molar-refractivity contribution in [1.29, 1.82) is 0 Å². The number of hydrogen-bond donors (Lipinski definition) is 0. The predicted octanol–water partition coefficient (Wildman–Crippen LogP) is 4.87. The Morgan fingerprint density at radius 2 is 1.51 bits per heavy atom. The van der Waals surface area contributed by atoms with Crippen LogP contribution in [0.25, 0.3) is 0 Å². The molecule has 176 valence electrons. The number of hydrogen-bond acceptors (Lipinski definition) is 2. The van der Waals surface area contributed by atoms with Crippen molar-refractivity contribution in [3.8, 4) is 11.8 Å². The molecule has 35 heavy (non-hydrogen) atoms. The van der Waals surface area contributed by atoms with Crippen molar-refractivity contribution in [2.45, 2.75) is 25.7 Å². The molecular formula is C30H27FN2O2. The van der Waals surface area contributed by atoms with E-state index in [1.54, 1.807) is 23.2 Å². The molecule has 0 N–H and O–H groups in total. The number of aliphatic imine (C=N–C) groups is 1. The quantitative estimate of drug-likeness (QED) is 0.398. The van der Waals surface area contributed by atoms with Crippen LogP contribution in [-0.4, -0.2) is 36.0 Å². The Labute approximate surface area is 205 Å². The van der Waals surface area contributed by atoms with Gasteiger partial charge in [-0.3, -0.25) is 9.59 Å². The first kappa shape index (κ1) is 24.1. The molecule has 1 saturated heterocycles. The van der Waals surface area contributed by atoms with Crippen molar-refractivity contribution < 1.29 is 14.0 Å². The van der Waals surface area contributed by atoms with Crippen LogP contribution in [0.5, 0.6) is 0 Å². The summed E-state index contributed by atoms with van der Waals surface area (Å²) in [7, 11) is 0. The molecular weight excluding hydrogens is 439 g/mol. The van der Waals surface area contributed by atoms with E-state index in [1.165, 1.54) is 12.1 Å². The molecule has 5 heteroatoms. The molecule has 0 spiro atoms. The van der Waals surface area contributed by atoms with E-state index in [9.17, 15) is 14.0 Å². The molecule has 1 aliphatic heterocycles. The van der Waals surface area contributed by atoms with Gasteiger partial charge >= 0.3 is 0 Å². The number of halogens is 1. The fourth-order valence-corrected chi connectivity index (χ4v) is 4.31. The van der Waals surface area contributed by atoms with E-state index >= 15 is 0 Å². The Morgan fingerprint density at radius 3 is 2.17 bits per heavy atom. The van der Waals surface area contributed by atoms with E-state index in [0.29, 0.717) is 38.8 Å². The fourth-order valence-electron chi connectivity index (χ4n) is 4.31. The number of nitrogens with zero attached hydrogens (tertiary/aromatic N) is 2. The zero-order valence-corrected chi connectivity index (χ0v) is 19.5. The van der Waals surface area contributed by atoms with Crippen molar-refractivity contribution >= 4 is 18.0 Å². The zero-order valence-electron chi connectivity index (χ0n) is 19.5. The first-order valence-corrected chi connectivity index (χ1v) is 11.8. The molecule has 0 radical (unpaired) electrons. The summed E-state index contributed by atoms with van der Waals surface area (Å²) in [6, 6.07) is 25.5. The molecule has 4 rings (SSSR count). The second-order valence-corrected chi connectivity index (χ2v) is 8.80. The maximum Gasteiger partial charge on any atom is 0.298 e. The van der Waals surface area contributed by atoms with E-state index in [1.807, 2.05) is 60.7 Å². The number of amides is 2. The number of piperidine rings is 1. The smallest absolute Gasteiger partial charge is 0.298 e. The van der Waals surface area contributed by atoms with Gasteiger partial charge in [0.1, 0.15) is 5.82 Å². The summed E-state index contributed by atoms with van der Waals surface area (Å²) in [5, 5.41) is 0. The topological polar surface area (TPSA) is 49.7 Å². The van der Waals surface area contributed by atoms with Crippen LogP contribution in [0.4, 0.5) is 4.39 Å². The van der Waals surface area contributed by atoms with E-state index < -0.39 is 5.41 Å². The molecule has 1 heterocycles. The number of carbonyl (C=O) groups excluding carboxylic acids is 2. The molecule has 0 aliphatic carbocycles. The molecule has 0 unspecified atom stereocenters. The van der Waals surface area contributed by atoms with E-state index in [-0.39, 0.29) is 17.6 Å². The van der Waals surface area contributed by atoms with Crippen LogP contribution in [0.3, 0.4) is 0 Å². The average Bonchev–Trinajstić information content (AvgIpc) is 2.90. The molecule has 0 atom stereocenters. The van der Waals surface area contributed by atoms with Crippen LogP contribution in [0.2, 0.25) is 0 Å². The van der Waals surface area contributed by atoms with E-state index in [2.05, 4.69) is 16.8 Å². The lowest BCUT2D eigenvalue weighted by Gasteiger charge is -2.39. The highest BCUT2D eigenvalue weighted by molar-refractivity contribution is 5.95. The molecule has 3 aromatic rings. The maximum absolute atomic E-state index is 13.4. The van der Waals surface area contributed by atoms with Gasteiger partial charge in [-0.15, -0.1) is 0 Å². The third-order valence-corrected chi connectivity index (χ3v) is 6.38. The van der Waals surface area contributed by atoms with Gasteiger partial charge in [0, 0.05) is 37.2 Å². The van der Waals surface area contributed by atoms with Gasteiger partial charge in [-0.2, -0.15) is 0 Å². The molecule has 1 aliphatic rings. The Balaban J connectivity index is 1.45. The van der Waals surface area contributed by atoms with Gasteiger partial charge < -0.3 is 4.90 Å². The molecule has 3 aromatic carbocycles. The second kappa shape index (κ2) is 11.4. The summed E-state index contributed by atoms with van der Waals surface area (Å²) in [5.74, 6) is 4.95. The second-order valence-electron chi connectivity index (χ2n) is 8.80. The van der Waals surface area contributed by atoms with Crippen LogP contribution in [0, 0.1) is 23.1 Å². The van der Waals surface area contributed by atoms with Crippen molar-refractivity contribution in [2.24, 2.45) is 10.4 Å². The van der Waals surface area contributed by atoms with Gasteiger partial charge in [0.05, 0.1) is 5.41 Å². The van der Waals surface area contributed by atoms with Gasteiger partial charge in [0.15, 0.2) is 0 Å². The Kier molecular flexibility index (Phi) is 7.84. The lowest BCUT2D eigenvalue weighted by atomic mass is 9.73. The fraction of sp³-hybridized carbons (Fsp3) is 0.233. The minimum atomic E-state index is -0.676. The molecule has 0 bridgehead atoms. The predicted molar refractivity (Wildman–Crippen MR) is 135 cm³/mol. The summed E-state index contributed by atoms with van der Waals surface area (Å²) in [5.41, 5.74) is 2.07. The Hall–Kier alpha value is -4.04. The standard InChI is InChI=1S/C30H27FN2O2/c31-27-14-11-25(12-15-27)17-20-32-29(35)30(23-26-9-5-2-6-10-26)18-21-33(22-19-30)28(34)16-13-24-7-3-1-4-8-24/h1-12,14-15,20H,17-19,21-23H2. The van der Waals surface area contributed by atoms with Crippen LogP contribution >= 0.6 is 0 Å². The number of carbonyl (C=O) groups is 2. The SMILES string of the molecule is O=C(C#Cc1ccccc1)N1CCC(Cc2ccccc2)(C(=O)N=CCc2ccc(F)cc2)CC1. The summed E-state index contributed by atoms with van der Waals surface area (Å²) < 4.78 is 13.1. The van der Waals surface area contributed by atoms with E-state index in [4.69, 9.17) is 0 Å². The lowest BCUT2D eigenvalue weighted by Crippen LogP contribution is -2.47. The van der Waals surface area contributed by atoms with Gasteiger partial charge in [-0.1, -0.05) is 66.6 Å². The third-order valence-electron chi connectivity index (χ3n) is 6.38. The van der Waals surface area contributed by atoms with Gasteiger partial charge in [-0.25, -0.2) is 9.38 Å². The van der Waals surface area contributed by atoms with Crippen LogP contribution in [0.15, 0.2) is 89.9 Å². The maximum atomic E-state index is 13.4. The first-order chi connectivity index (χ1) is 17.0. The first-order valence-electron chi connectivity index (χ1n) is 11.8. The minimum absolute atomic E-state index is 0.175.